The molecule has 2 heterocycles. The van der Waals surface area contributed by atoms with Crippen molar-refractivity contribution in [2.45, 2.75) is 20.3 Å². The van der Waals surface area contributed by atoms with E-state index in [-0.39, 0.29) is 5.91 Å². The Morgan fingerprint density at radius 3 is 2.58 bits per heavy atom. The molecule has 0 radical (unpaired) electrons. The van der Waals surface area contributed by atoms with Crippen LogP contribution in [-0.2, 0) is 6.42 Å². The zero-order valence-corrected chi connectivity index (χ0v) is 14.9. The van der Waals surface area contributed by atoms with E-state index in [9.17, 15) is 4.79 Å². The van der Waals surface area contributed by atoms with E-state index >= 15 is 0 Å². The lowest BCUT2D eigenvalue weighted by Crippen LogP contribution is -2.29. The Hall–Kier alpha value is -3.21. The third-order valence-electron chi connectivity index (χ3n) is 4.79. The van der Waals surface area contributed by atoms with Gasteiger partial charge in [0.1, 0.15) is 0 Å². The molecule has 0 bridgehead atoms. The number of hydrogen-bond donors (Lipinski definition) is 1. The van der Waals surface area contributed by atoms with Gasteiger partial charge in [-0.25, -0.2) is 9.97 Å². The normalized spacial score (nSPS) is 12.8. The molecular weight excluding hydrogens is 324 g/mol. The Bertz CT molecular complexity index is 966. The van der Waals surface area contributed by atoms with Crippen LogP contribution in [0.25, 0.3) is 0 Å². The van der Waals surface area contributed by atoms with Gasteiger partial charge in [0, 0.05) is 30.3 Å². The lowest BCUT2D eigenvalue weighted by atomic mass is 10.1. The summed E-state index contributed by atoms with van der Waals surface area (Å²) in [5.41, 5.74) is 6.05. The van der Waals surface area contributed by atoms with E-state index in [0.717, 1.165) is 17.8 Å². The van der Waals surface area contributed by atoms with Gasteiger partial charge >= 0.3 is 0 Å². The van der Waals surface area contributed by atoms with Gasteiger partial charge in [-0.1, -0.05) is 24.3 Å². The second-order valence-corrected chi connectivity index (χ2v) is 6.55. The van der Waals surface area contributed by atoms with Crippen molar-refractivity contribution < 1.29 is 4.79 Å². The van der Waals surface area contributed by atoms with Gasteiger partial charge < -0.3 is 10.2 Å². The second kappa shape index (κ2) is 6.59. The van der Waals surface area contributed by atoms with Crippen molar-refractivity contribution in [3.63, 3.8) is 0 Å². The number of nitrogens with one attached hydrogen (secondary N) is 1. The number of fused-ring (bicyclic) bond motifs is 1. The van der Waals surface area contributed by atoms with Crippen molar-refractivity contribution in [1.82, 2.24) is 9.97 Å². The Kier molecular flexibility index (Phi) is 4.13. The summed E-state index contributed by atoms with van der Waals surface area (Å²) in [5, 5.41) is 3.18. The van der Waals surface area contributed by atoms with Crippen LogP contribution in [-0.4, -0.2) is 22.4 Å². The van der Waals surface area contributed by atoms with Crippen LogP contribution in [0.4, 0.5) is 17.3 Å². The Morgan fingerprint density at radius 2 is 1.81 bits per heavy atom. The zero-order chi connectivity index (χ0) is 18.1. The number of benzene rings is 2. The largest absolute Gasteiger partial charge is 0.324 e. The maximum Gasteiger partial charge on any atom is 0.261 e. The molecule has 1 aromatic heterocycles. The summed E-state index contributed by atoms with van der Waals surface area (Å²) in [6.07, 6.45) is 4.05. The third kappa shape index (κ3) is 3.04. The topological polar surface area (TPSA) is 58.1 Å². The number of aryl methyl sites for hydroxylation is 2. The first-order valence-corrected chi connectivity index (χ1v) is 8.68. The van der Waals surface area contributed by atoms with Gasteiger partial charge in [-0.05, 0) is 55.2 Å². The van der Waals surface area contributed by atoms with E-state index in [1.54, 1.807) is 17.3 Å². The fourth-order valence-electron chi connectivity index (χ4n) is 3.16. The Labute approximate surface area is 152 Å². The fourth-order valence-corrected chi connectivity index (χ4v) is 3.16. The molecule has 26 heavy (non-hydrogen) atoms. The first-order chi connectivity index (χ1) is 12.6. The van der Waals surface area contributed by atoms with Gasteiger partial charge in [0.15, 0.2) is 0 Å². The van der Waals surface area contributed by atoms with Crippen molar-refractivity contribution >= 4 is 23.2 Å². The molecule has 0 saturated carbocycles. The molecule has 0 fully saturated rings. The van der Waals surface area contributed by atoms with E-state index in [0.29, 0.717) is 18.1 Å². The van der Waals surface area contributed by atoms with Crippen LogP contribution in [0.2, 0.25) is 0 Å². The monoisotopic (exact) mass is 344 g/mol. The van der Waals surface area contributed by atoms with Crippen molar-refractivity contribution in [2.75, 3.05) is 16.8 Å². The number of para-hydroxylation sites is 1. The molecule has 0 unspecified atom stereocenters. The van der Waals surface area contributed by atoms with E-state index in [1.807, 2.05) is 24.3 Å². The van der Waals surface area contributed by atoms with E-state index in [2.05, 4.69) is 47.3 Å². The van der Waals surface area contributed by atoms with Gasteiger partial charge in [0.05, 0.1) is 5.56 Å². The zero-order valence-electron chi connectivity index (χ0n) is 14.9. The molecule has 0 atom stereocenters. The summed E-state index contributed by atoms with van der Waals surface area (Å²) in [4.78, 5) is 23.2. The number of amides is 1. The van der Waals surface area contributed by atoms with Gasteiger partial charge in [-0.2, -0.15) is 0 Å². The highest BCUT2D eigenvalue weighted by molar-refractivity contribution is 6.07. The molecule has 0 aliphatic carbocycles. The lowest BCUT2D eigenvalue weighted by molar-refractivity contribution is 0.0988. The molecule has 1 aliphatic rings. The number of carbonyl (C=O) groups is 1. The van der Waals surface area contributed by atoms with Crippen molar-refractivity contribution in [2.24, 2.45) is 0 Å². The highest BCUT2D eigenvalue weighted by Crippen LogP contribution is 2.28. The maximum atomic E-state index is 12.8. The molecular formula is C21H20N4O. The first kappa shape index (κ1) is 16.3. The molecule has 1 amide bonds. The lowest BCUT2D eigenvalue weighted by Gasteiger charge is -2.17. The summed E-state index contributed by atoms with van der Waals surface area (Å²) < 4.78 is 0. The minimum atomic E-state index is -0.0623. The van der Waals surface area contributed by atoms with E-state index in [1.165, 1.54) is 16.7 Å². The highest BCUT2D eigenvalue weighted by atomic mass is 16.2. The van der Waals surface area contributed by atoms with Crippen molar-refractivity contribution in [3.05, 3.63) is 77.1 Å². The summed E-state index contributed by atoms with van der Waals surface area (Å²) in [6.45, 7) is 4.84. The van der Waals surface area contributed by atoms with Gasteiger partial charge in [0.25, 0.3) is 5.91 Å². The first-order valence-electron chi connectivity index (χ1n) is 8.68. The molecule has 1 aliphatic heterocycles. The SMILES string of the molecule is Cc1ccc(Nc2ncc(C(=O)N3CCc4ccccc43)cn2)cc1C. The van der Waals surface area contributed by atoms with E-state index < -0.39 is 0 Å². The number of nitrogens with zero attached hydrogens (tertiary/aromatic N) is 3. The standard InChI is InChI=1S/C21H20N4O/c1-14-7-8-18(11-15(14)2)24-21-22-12-17(13-23-21)20(26)25-10-9-16-5-3-4-6-19(16)25/h3-8,11-13H,9-10H2,1-2H3,(H,22,23,24). The third-order valence-corrected chi connectivity index (χ3v) is 4.79. The Balaban J connectivity index is 1.51. The Morgan fingerprint density at radius 1 is 1.04 bits per heavy atom. The molecule has 5 nitrogen and oxygen atoms in total. The van der Waals surface area contributed by atoms with Gasteiger partial charge in [0.2, 0.25) is 5.95 Å². The highest BCUT2D eigenvalue weighted by Gasteiger charge is 2.25. The molecule has 1 N–H and O–H groups in total. The predicted molar refractivity (Wildman–Crippen MR) is 103 cm³/mol. The van der Waals surface area contributed by atoms with Crippen LogP contribution in [0.15, 0.2) is 54.9 Å². The number of rotatable bonds is 3. The average molecular weight is 344 g/mol. The summed E-state index contributed by atoms with van der Waals surface area (Å²) in [6, 6.07) is 14.1. The summed E-state index contributed by atoms with van der Waals surface area (Å²) in [5.74, 6) is 0.416. The predicted octanol–water partition coefficient (Wildman–Crippen LogP) is 4.04. The van der Waals surface area contributed by atoms with Crippen LogP contribution < -0.4 is 10.2 Å². The second-order valence-electron chi connectivity index (χ2n) is 6.55. The molecule has 130 valence electrons. The van der Waals surface area contributed by atoms with Crippen LogP contribution in [0.3, 0.4) is 0 Å². The van der Waals surface area contributed by atoms with Crippen molar-refractivity contribution in [3.8, 4) is 0 Å². The average Bonchev–Trinajstić information content (AvgIpc) is 3.09. The van der Waals surface area contributed by atoms with E-state index in [4.69, 9.17) is 0 Å². The summed E-state index contributed by atoms with van der Waals surface area (Å²) >= 11 is 0. The van der Waals surface area contributed by atoms with Gasteiger partial charge in [-0.3, -0.25) is 4.79 Å². The van der Waals surface area contributed by atoms with Crippen LogP contribution >= 0.6 is 0 Å². The summed E-state index contributed by atoms with van der Waals surface area (Å²) in [7, 11) is 0. The van der Waals surface area contributed by atoms with Crippen molar-refractivity contribution in [1.29, 1.82) is 0 Å². The molecule has 5 heteroatoms. The minimum absolute atomic E-state index is 0.0623. The van der Waals surface area contributed by atoms with Crippen LogP contribution in [0.5, 0.6) is 0 Å². The quantitative estimate of drug-likeness (QED) is 0.779. The molecule has 4 rings (SSSR count). The molecule has 0 spiro atoms. The minimum Gasteiger partial charge on any atom is -0.324 e. The van der Waals surface area contributed by atoms with Crippen LogP contribution in [0, 0.1) is 13.8 Å². The smallest absolute Gasteiger partial charge is 0.261 e. The number of aromatic nitrogens is 2. The van der Waals surface area contributed by atoms with Gasteiger partial charge in [-0.15, -0.1) is 0 Å². The number of carbonyl (C=O) groups excluding carboxylic acids is 1. The molecule has 0 saturated heterocycles. The maximum absolute atomic E-state index is 12.8. The number of anilines is 3. The number of hydrogen-bond acceptors (Lipinski definition) is 4. The fraction of sp³-hybridized carbons (Fsp3) is 0.190. The van der Waals surface area contributed by atoms with Crippen LogP contribution in [0.1, 0.15) is 27.0 Å². The molecule has 3 aromatic rings. The molecule has 2 aromatic carbocycles.